The highest BCUT2D eigenvalue weighted by Gasteiger charge is 2.22. The second-order valence-electron chi connectivity index (χ2n) is 21.3. The molecule has 0 aromatic rings. The van der Waals surface area contributed by atoms with Crippen LogP contribution in [0.15, 0.2) is 48.6 Å². The number of aliphatic carboxylic acids is 1. The molecule has 9 nitrogen and oxygen atoms in total. The van der Waals surface area contributed by atoms with Crippen LogP contribution in [0, 0.1) is 0 Å². The first-order chi connectivity index (χ1) is 34.6. The maximum Gasteiger partial charge on any atom is 0.306 e. The number of likely N-dealkylation sites (N-methyl/N-ethyl adjacent to an activating group) is 1. The minimum Gasteiger partial charge on any atom is -0.545 e. The number of hydrogen-bond donors (Lipinski definition) is 0. The molecule has 0 radical (unpaired) electrons. The van der Waals surface area contributed by atoms with Gasteiger partial charge in [0.25, 0.3) is 0 Å². The Hall–Kier alpha value is -2.75. The minimum atomic E-state index is -1.62. The molecule has 0 aliphatic carbocycles. The van der Waals surface area contributed by atoms with Crippen molar-refractivity contribution in [3.63, 3.8) is 0 Å². The van der Waals surface area contributed by atoms with Crippen molar-refractivity contribution in [1.29, 1.82) is 0 Å². The first kappa shape index (κ1) is 68.2. The van der Waals surface area contributed by atoms with Crippen LogP contribution in [0.4, 0.5) is 0 Å². The second-order valence-corrected chi connectivity index (χ2v) is 21.3. The lowest BCUT2D eigenvalue weighted by molar-refractivity contribution is -0.870. The van der Waals surface area contributed by atoms with E-state index >= 15 is 0 Å². The van der Waals surface area contributed by atoms with Gasteiger partial charge < -0.3 is 33.3 Å². The number of carbonyl (C=O) groups excluding carboxylic acids is 3. The average molecular weight is 1000 g/mol. The number of quaternary nitrogens is 1. The topological polar surface area (TPSA) is 111 Å². The summed E-state index contributed by atoms with van der Waals surface area (Å²) in [5.41, 5.74) is 0. The Morgan fingerprint density at radius 2 is 0.803 bits per heavy atom. The molecule has 0 aliphatic heterocycles. The Kier molecular flexibility index (Phi) is 51.5. The molecular weight excluding hydrogens is 887 g/mol. The lowest BCUT2D eigenvalue weighted by atomic mass is 10.0. The molecule has 2 unspecified atom stereocenters. The molecule has 0 fully saturated rings. The van der Waals surface area contributed by atoms with Crippen LogP contribution < -0.4 is 5.11 Å². The predicted octanol–water partition coefficient (Wildman–Crippen LogP) is 16.1. The maximum atomic E-state index is 12.8. The van der Waals surface area contributed by atoms with Crippen LogP contribution in [-0.4, -0.2) is 82.3 Å². The van der Waals surface area contributed by atoms with Gasteiger partial charge in [-0.25, -0.2) is 0 Å². The standard InChI is InChI=1S/C62H113NO8/c1-6-8-10-12-14-16-18-20-22-24-25-26-27-28-29-30-31-32-33-34-35-37-38-40-42-44-46-48-50-52-59(64)69-56-58(57-70-62(61(66)67)68-55-54-63(3,4)5)71-60(65)53-51-49-47-45-43-41-39-36-23-21-19-17-15-13-11-9-7-2/h9,11,15,17,21,23-25,58,62H,6-8,10,12-14,16,18-20,22,26-57H2,1-5H3/b11-9-,17-15-,23-21-,25-24-. The molecule has 0 bridgehead atoms. The summed E-state index contributed by atoms with van der Waals surface area (Å²) in [7, 11) is 5.92. The van der Waals surface area contributed by atoms with Gasteiger partial charge in [-0.15, -0.1) is 0 Å². The van der Waals surface area contributed by atoms with E-state index in [-0.39, 0.29) is 32.2 Å². The smallest absolute Gasteiger partial charge is 0.306 e. The van der Waals surface area contributed by atoms with Crippen LogP contribution in [0.5, 0.6) is 0 Å². The van der Waals surface area contributed by atoms with Crippen molar-refractivity contribution >= 4 is 17.9 Å². The van der Waals surface area contributed by atoms with Crippen LogP contribution in [-0.2, 0) is 33.3 Å². The summed E-state index contributed by atoms with van der Waals surface area (Å²) < 4.78 is 22.7. The third-order valence-electron chi connectivity index (χ3n) is 13.1. The van der Waals surface area contributed by atoms with Gasteiger partial charge >= 0.3 is 11.9 Å². The number of allylic oxidation sites excluding steroid dienone is 8. The molecular formula is C62H113NO8. The molecule has 0 heterocycles. The second kappa shape index (κ2) is 53.5. The lowest BCUT2D eigenvalue weighted by Gasteiger charge is -2.26. The van der Waals surface area contributed by atoms with Crippen molar-refractivity contribution in [1.82, 2.24) is 0 Å². The summed E-state index contributed by atoms with van der Waals surface area (Å²) in [4.78, 5) is 37.3. The van der Waals surface area contributed by atoms with Gasteiger partial charge in [0, 0.05) is 12.8 Å². The fourth-order valence-corrected chi connectivity index (χ4v) is 8.49. The Labute approximate surface area is 438 Å². The summed E-state index contributed by atoms with van der Waals surface area (Å²) in [6.07, 6.45) is 63.2. The number of carboxylic acids is 1. The highest BCUT2D eigenvalue weighted by Crippen LogP contribution is 2.17. The normalized spacial score (nSPS) is 13.1. The number of carboxylic acid groups (broad SMARTS) is 1. The summed E-state index contributed by atoms with van der Waals surface area (Å²) >= 11 is 0. The fraction of sp³-hybridized carbons (Fsp3) is 0.823. The molecule has 0 saturated carbocycles. The maximum absolute atomic E-state index is 12.8. The van der Waals surface area contributed by atoms with Crippen molar-refractivity contribution in [2.45, 2.75) is 283 Å². The van der Waals surface area contributed by atoms with E-state index < -0.39 is 24.3 Å². The van der Waals surface area contributed by atoms with Crippen molar-refractivity contribution < 1.29 is 42.9 Å². The third kappa shape index (κ3) is 54.9. The highest BCUT2D eigenvalue weighted by atomic mass is 16.7. The van der Waals surface area contributed by atoms with Crippen LogP contribution >= 0.6 is 0 Å². The number of unbranched alkanes of at least 4 members (excludes halogenated alkanes) is 32. The Balaban J connectivity index is 4.13. The zero-order valence-electron chi connectivity index (χ0n) is 47.1. The van der Waals surface area contributed by atoms with Gasteiger partial charge in [-0.3, -0.25) is 9.59 Å². The number of rotatable bonds is 55. The number of hydrogen-bond acceptors (Lipinski definition) is 8. The average Bonchev–Trinajstić information content (AvgIpc) is 3.34. The first-order valence-electron chi connectivity index (χ1n) is 29.8. The molecule has 0 spiro atoms. The predicted molar refractivity (Wildman–Crippen MR) is 297 cm³/mol. The van der Waals surface area contributed by atoms with Gasteiger partial charge in [0.1, 0.15) is 13.2 Å². The zero-order chi connectivity index (χ0) is 52.0. The molecule has 0 aromatic heterocycles. The molecule has 0 N–H and O–H groups in total. The summed E-state index contributed by atoms with van der Waals surface area (Å²) in [6.45, 7) is 4.65. The van der Waals surface area contributed by atoms with Gasteiger partial charge in [0.05, 0.1) is 40.3 Å². The van der Waals surface area contributed by atoms with Crippen LogP contribution in [0.1, 0.15) is 271 Å². The Morgan fingerprint density at radius 1 is 0.437 bits per heavy atom. The summed E-state index contributed by atoms with van der Waals surface area (Å²) in [6, 6.07) is 0. The Morgan fingerprint density at radius 3 is 1.21 bits per heavy atom. The fourth-order valence-electron chi connectivity index (χ4n) is 8.49. The van der Waals surface area contributed by atoms with E-state index in [1.807, 2.05) is 21.1 Å². The summed E-state index contributed by atoms with van der Waals surface area (Å²) in [5, 5.41) is 11.8. The van der Waals surface area contributed by atoms with E-state index in [2.05, 4.69) is 62.5 Å². The first-order valence-corrected chi connectivity index (χ1v) is 29.8. The molecule has 0 saturated heterocycles. The van der Waals surface area contributed by atoms with E-state index in [9.17, 15) is 19.5 Å². The van der Waals surface area contributed by atoms with E-state index in [1.165, 1.54) is 173 Å². The van der Waals surface area contributed by atoms with Crippen LogP contribution in [0.3, 0.4) is 0 Å². The Bertz CT molecular complexity index is 1300. The van der Waals surface area contributed by atoms with Crippen molar-refractivity contribution in [2.24, 2.45) is 0 Å². The SMILES string of the molecule is CC/C=C\C/C=C\C/C=C\CCCCCCCCCC(=O)OC(COC(=O)CCCCCCCCCCCCCCCCCCC/C=C\CCCCCCCCCC)COC(OCC[N+](C)(C)C)C(=O)[O-]. The molecule has 0 amide bonds. The molecule has 0 aromatic carbocycles. The highest BCUT2D eigenvalue weighted by molar-refractivity contribution is 5.70. The van der Waals surface area contributed by atoms with Crippen LogP contribution in [0.25, 0.3) is 0 Å². The summed E-state index contributed by atoms with van der Waals surface area (Å²) in [5.74, 6) is -2.29. The quantitative estimate of drug-likeness (QED) is 0.0195. The largest absolute Gasteiger partial charge is 0.545 e. The van der Waals surface area contributed by atoms with Gasteiger partial charge in [0.15, 0.2) is 12.4 Å². The monoisotopic (exact) mass is 1000 g/mol. The lowest BCUT2D eigenvalue weighted by Crippen LogP contribution is -2.44. The van der Waals surface area contributed by atoms with E-state index in [4.69, 9.17) is 18.9 Å². The van der Waals surface area contributed by atoms with E-state index in [0.717, 1.165) is 64.2 Å². The number of carbonyl (C=O) groups is 3. The van der Waals surface area contributed by atoms with Crippen LogP contribution in [0.2, 0.25) is 0 Å². The van der Waals surface area contributed by atoms with E-state index in [1.54, 1.807) is 0 Å². The molecule has 414 valence electrons. The minimum absolute atomic E-state index is 0.145. The van der Waals surface area contributed by atoms with Crippen molar-refractivity contribution in [3.05, 3.63) is 48.6 Å². The molecule has 0 rings (SSSR count). The molecule has 9 heteroatoms. The number of ether oxygens (including phenoxy) is 4. The van der Waals surface area contributed by atoms with Gasteiger partial charge in [0.2, 0.25) is 0 Å². The molecule has 2 atom stereocenters. The number of esters is 2. The van der Waals surface area contributed by atoms with Crippen molar-refractivity contribution in [2.75, 3.05) is 47.5 Å². The number of nitrogens with zero attached hydrogens (tertiary/aromatic N) is 1. The molecule has 71 heavy (non-hydrogen) atoms. The van der Waals surface area contributed by atoms with Gasteiger partial charge in [-0.05, 0) is 70.6 Å². The van der Waals surface area contributed by atoms with E-state index in [0.29, 0.717) is 23.9 Å². The zero-order valence-corrected chi connectivity index (χ0v) is 47.1. The molecule has 0 aliphatic rings. The third-order valence-corrected chi connectivity index (χ3v) is 13.1. The van der Waals surface area contributed by atoms with Gasteiger partial charge in [-0.2, -0.15) is 0 Å². The van der Waals surface area contributed by atoms with Gasteiger partial charge in [-0.1, -0.05) is 236 Å². The van der Waals surface area contributed by atoms with Crippen molar-refractivity contribution in [3.8, 4) is 0 Å².